The third kappa shape index (κ3) is 3.24. The summed E-state index contributed by atoms with van der Waals surface area (Å²) < 4.78 is 72.6. The van der Waals surface area contributed by atoms with Gasteiger partial charge in [0.2, 0.25) is 0 Å². The summed E-state index contributed by atoms with van der Waals surface area (Å²) in [4.78, 5) is 13.8. The lowest BCUT2D eigenvalue weighted by Crippen LogP contribution is -2.03. The van der Waals surface area contributed by atoms with Gasteiger partial charge in [-0.05, 0) is 35.2 Å². The second-order valence-corrected chi connectivity index (χ2v) is 6.62. The summed E-state index contributed by atoms with van der Waals surface area (Å²) in [7, 11) is 0. The zero-order valence-electron chi connectivity index (χ0n) is 24.6. The van der Waals surface area contributed by atoms with E-state index in [1.54, 1.807) is 30.3 Å². The topological polar surface area (TPSA) is 22.0 Å². The van der Waals surface area contributed by atoms with Crippen molar-refractivity contribution in [2.24, 2.45) is 0 Å². The first-order valence-corrected chi connectivity index (χ1v) is 9.27. The molecule has 0 saturated carbocycles. The first-order valence-electron chi connectivity index (χ1n) is 13.8. The van der Waals surface area contributed by atoms with Gasteiger partial charge in [0.25, 0.3) is 0 Å². The highest BCUT2D eigenvalue weighted by molar-refractivity contribution is 6.21. The molecule has 0 fully saturated rings. The molecule has 0 unspecified atom stereocenters. The van der Waals surface area contributed by atoms with E-state index in [1.807, 2.05) is 37.3 Å². The second kappa shape index (κ2) is 8.02. The standard InChI is InChI=1S/C26H27NO/c1-3-5-10-17-27-18-24(22-13-8-9-14-25(22)27)26(28)23-16-15-19(4-2)20-11-6-7-12-21(20)23/h6-9,11-16,18H,3-5,10,17H2,1-2H3/i1D3,3D2,5D2,10D2. The molecule has 0 spiro atoms. The molecule has 4 rings (SSSR count). The quantitative estimate of drug-likeness (QED) is 0.325. The molecule has 1 aromatic heterocycles. The maximum absolute atomic E-state index is 13.8. The lowest BCUT2D eigenvalue weighted by Gasteiger charge is -2.09. The number of aryl methyl sites for hydroxylation is 2. The number of carbonyl (C=O) groups is 1. The minimum atomic E-state index is -3.45. The van der Waals surface area contributed by atoms with Crippen molar-refractivity contribution < 1.29 is 17.1 Å². The van der Waals surface area contributed by atoms with Crippen LogP contribution >= 0.6 is 0 Å². The van der Waals surface area contributed by atoms with Crippen molar-refractivity contribution in [1.29, 1.82) is 0 Å². The van der Waals surface area contributed by atoms with Crippen LogP contribution in [0.3, 0.4) is 0 Å². The fraction of sp³-hybridized carbons (Fsp3) is 0.269. The van der Waals surface area contributed by atoms with Crippen LogP contribution in [0.25, 0.3) is 21.7 Å². The molecule has 2 heteroatoms. The summed E-state index contributed by atoms with van der Waals surface area (Å²) in [5.41, 5.74) is 2.33. The third-order valence-corrected chi connectivity index (χ3v) is 5.07. The van der Waals surface area contributed by atoms with E-state index in [0.717, 1.165) is 22.8 Å². The van der Waals surface area contributed by atoms with Crippen LogP contribution in [-0.2, 0) is 13.0 Å². The molecule has 142 valence electrons. The number of ketones is 1. The lowest BCUT2D eigenvalue weighted by atomic mass is 9.93. The molecule has 0 bridgehead atoms. The number of benzene rings is 3. The number of nitrogens with zero attached hydrogens (tertiary/aromatic N) is 1. The number of para-hydroxylation sites is 1. The van der Waals surface area contributed by atoms with Crippen molar-refractivity contribution in [2.75, 3.05) is 0 Å². The third-order valence-electron chi connectivity index (χ3n) is 5.07. The Bertz CT molecular complexity index is 1480. The van der Waals surface area contributed by atoms with E-state index in [0.29, 0.717) is 22.0 Å². The summed E-state index contributed by atoms with van der Waals surface area (Å²) in [6, 6.07) is 18.1. The molecule has 0 radical (unpaired) electrons. The van der Waals surface area contributed by atoms with Crippen molar-refractivity contribution in [3.63, 3.8) is 0 Å². The number of rotatable bonds is 7. The van der Waals surface area contributed by atoms with Gasteiger partial charge >= 0.3 is 0 Å². The van der Waals surface area contributed by atoms with Gasteiger partial charge in [-0.3, -0.25) is 4.79 Å². The average molecular weight is 379 g/mol. The Morgan fingerprint density at radius 2 is 1.68 bits per heavy atom. The fourth-order valence-corrected chi connectivity index (χ4v) is 3.74. The number of hydrogen-bond acceptors (Lipinski definition) is 1. The molecule has 0 aliphatic carbocycles. The van der Waals surface area contributed by atoms with Gasteiger partial charge in [0, 0.05) is 47.1 Å². The predicted molar refractivity (Wildman–Crippen MR) is 118 cm³/mol. The largest absolute Gasteiger partial charge is 0.347 e. The van der Waals surface area contributed by atoms with Crippen LogP contribution < -0.4 is 0 Å². The Kier molecular flexibility index (Phi) is 3.04. The van der Waals surface area contributed by atoms with Gasteiger partial charge in [0.1, 0.15) is 0 Å². The molecular formula is C26H27NO. The van der Waals surface area contributed by atoms with Crippen molar-refractivity contribution in [3.05, 3.63) is 83.6 Å². The van der Waals surface area contributed by atoms with Gasteiger partial charge in [0.15, 0.2) is 5.78 Å². The zero-order chi connectivity index (χ0) is 27.4. The monoisotopic (exact) mass is 378 g/mol. The summed E-state index contributed by atoms with van der Waals surface area (Å²) >= 11 is 0. The highest BCUT2D eigenvalue weighted by Gasteiger charge is 2.19. The van der Waals surface area contributed by atoms with E-state index < -0.39 is 32.5 Å². The van der Waals surface area contributed by atoms with Gasteiger partial charge in [-0.2, -0.15) is 0 Å². The normalized spacial score (nSPS) is 18.1. The summed E-state index contributed by atoms with van der Waals surface area (Å²) in [6.45, 7) is -2.04. The molecule has 0 N–H and O–H groups in total. The molecule has 0 amide bonds. The summed E-state index contributed by atoms with van der Waals surface area (Å²) in [6.07, 6.45) is -7.51. The van der Waals surface area contributed by atoms with Gasteiger partial charge in [-0.1, -0.05) is 81.1 Å². The smallest absolute Gasteiger partial charge is 0.195 e. The Morgan fingerprint density at radius 1 is 0.929 bits per heavy atom. The number of fused-ring (bicyclic) bond motifs is 2. The van der Waals surface area contributed by atoms with Crippen LogP contribution in [-0.4, -0.2) is 10.4 Å². The Balaban J connectivity index is 1.82. The van der Waals surface area contributed by atoms with E-state index in [-0.39, 0.29) is 5.78 Å². The van der Waals surface area contributed by atoms with Crippen molar-refractivity contribution in [2.45, 2.75) is 45.9 Å². The molecule has 0 aliphatic rings. The highest BCUT2D eigenvalue weighted by Crippen LogP contribution is 2.29. The molecular weight excluding hydrogens is 342 g/mol. The van der Waals surface area contributed by atoms with Crippen LogP contribution in [0, 0.1) is 0 Å². The number of hydrogen-bond donors (Lipinski definition) is 0. The van der Waals surface area contributed by atoms with Crippen molar-refractivity contribution in [1.82, 2.24) is 4.57 Å². The molecule has 4 aromatic rings. The Labute approximate surface area is 179 Å². The van der Waals surface area contributed by atoms with Crippen molar-refractivity contribution in [3.8, 4) is 0 Å². The van der Waals surface area contributed by atoms with Crippen LogP contribution in [0.4, 0.5) is 0 Å². The Hall–Kier alpha value is -2.87. The van der Waals surface area contributed by atoms with Gasteiger partial charge < -0.3 is 4.57 Å². The first-order chi connectivity index (χ1) is 17.1. The summed E-state index contributed by atoms with van der Waals surface area (Å²) in [5.74, 6) is -0.282. The van der Waals surface area contributed by atoms with Crippen LogP contribution in [0.2, 0.25) is 0 Å². The maximum Gasteiger partial charge on any atom is 0.195 e. The first kappa shape index (κ1) is 10.6. The van der Waals surface area contributed by atoms with Crippen LogP contribution in [0.5, 0.6) is 0 Å². The van der Waals surface area contributed by atoms with E-state index in [2.05, 4.69) is 0 Å². The molecule has 1 heterocycles. The molecule has 3 aromatic carbocycles. The lowest BCUT2D eigenvalue weighted by molar-refractivity contribution is 0.104. The Morgan fingerprint density at radius 3 is 2.46 bits per heavy atom. The van der Waals surface area contributed by atoms with Gasteiger partial charge in [-0.15, -0.1) is 0 Å². The molecule has 2 nitrogen and oxygen atoms in total. The zero-order valence-corrected chi connectivity index (χ0v) is 15.6. The second-order valence-electron chi connectivity index (χ2n) is 6.62. The minimum absolute atomic E-state index is 0.282. The van der Waals surface area contributed by atoms with E-state index >= 15 is 0 Å². The van der Waals surface area contributed by atoms with Crippen LogP contribution in [0.1, 0.15) is 66.7 Å². The SMILES string of the molecule is [2H]C([2H])([2H])C([2H])([2H])C([2H])([2H])C([2H])([2H])Cn1cc(C(=O)c2ccc(CC)c3ccccc23)c2ccccc21. The molecule has 0 aliphatic heterocycles. The van der Waals surface area contributed by atoms with E-state index in [1.165, 1.54) is 10.8 Å². The highest BCUT2D eigenvalue weighted by atomic mass is 16.1. The fourth-order valence-electron chi connectivity index (χ4n) is 3.74. The number of carbonyl (C=O) groups excluding carboxylic acids is 1. The van der Waals surface area contributed by atoms with E-state index in [9.17, 15) is 4.79 Å². The predicted octanol–water partition coefficient (Wildman–Crippen LogP) is 6.78. The maximum atomic E-state index is 13.8. The van der Waals surface area contributed by atoms with Gasteiger partial charge in [-0.25, -0.2) is 0 Å². The van der Waals surface area contributed by atoms with E-state index in [4.69, 9.17) is 12.3 Å². The van der Waals surface area contributed by atoms with Gasteiger partial charge in [0.05, 0.1) is 0 Å². The van der Waals surface area contributed by atoms with Crippen LogP contribution in [0.15, 0.2) is 66.9 Å². The average Bonchev–Trinajstić information content (AvgIpc) is 3.19. The summed E-state index contributed by atoms with van der Waals surface area (Å²) in [5, 5.41) is 2.29. The van der Waals surface area contributed by atoms with Crippen molar-refractivity contribution >= 4 is 27.5 Å². The number of aromatic nitrogens is 1. The molecule has 28 heavy (non-hydrogen) atoms. The minimum Gasteiger partial charge on any atom is -0.347 e. The molecule has 0 atom stereocenters. The molecule has 0 saturated heterocycles.